The maximum absolute atomic E-state index is 12.8. The van der Waals surface area contributed by atoms with Crippen LogP contribution in [-0.4, -0.2) is 36.3 Å². The van der Waals surface area contributed by atoms with Gasteiger partial charge in [-0.1, -0.05) is 54.1 Å². The quantitative estimate of drug-likeness (QED) is 0.629. The number of hydrogen-bond donors (Lipinski definition) is 2. The van der Waals surface area contributed by atoms with Crippen molar-refractivity contribution in [1.82, 2.24) is 4.90 Å². The second-order valence-corrected chi connectivity index (χ2v) is 7.93. The standard InChI is InChI=1S/C25H29N3O2/c1-16-13-17(2)24(18(3)14-16)27-25(30)19(4)28(5)15-23(29)26-22-12-8-10-20-9-6-7-11-21(20)22/h6-14,19H,15H2,1-5H3,(H,26,29)(H,27,30)/t19-/m0/s1. The van der Waals surface area contributed by atoms with Gasteiger partial charge in [0.1, 0.15) is 0 Å². The van der Waals surface area contributed by atoms with Gasteiger partial charge in [0.25, 0.3) is 0 Å². The molecule has 2 amide bonds. The zero-order valence-electron chi connectivity index (χ0n) is 18.2. The van der Waals surface area contributed by atoms with Crippen molar-refractivity contribution in [2.75, 3.05) is 24.2 Å². The van der Waals surface area contributed by atoms with Gasteiger partial charge in [-0.3, -0.25) is 14.5 Å². The van der Waals surface area contributed by atoms with E-state index in [1.807, 2.05) is 63.2 Å². The molecule has 0 aliphatic rings. The maximum atomic E-state index is 12.8. The predicted octanol–water partition coefficient (Wildman–Crippen LogP) is 4.66. The number of benzene rings is 3. The first-order valence-corrected chi connectivity index (χ1v) is 10.1. The van der Waals surface area contributed by atoms with Gasteiger partial charge < -0.3 is 10.6 Å². The van der Waals surface area contributed by atoms with Crippen LogP contribution >= 0.6 is 0 Å². The SMILES string of the molecule is Cc1cc(C)c(NC(=O)[C@H](C)N(C)CC(=O)Nc2cccc3ccccc23)c(C)c1. The lowest BCUT2D eigenvalue weighted by atomic mass is 10.0. The number of hydrogen-bond acceptors (Lipinski definition) is 3. The van der Waals surface area contributed by atoms with Gasteiger partial charge in [0.2, 0.25) is 11.8 Å². The summed E-state index contributed by atoms with van der Waals surface area (Å²) in [5.41, 5.74) is 4.84. The van der Waals surface area contributed by atoms with Gasteiger partial charge in [-0.15, -0.1) is 0 Å². The number of fused-ring (bicyclic) bond motifs is 1. The van der Waals surface area contributed by atoms with Crippen molar-refractivity contribution in [3.05, 3.63) is 71.3 Å². The predicted molar refractivity (Wildman–Crippen MR) is 124 cm³/mol. The second-order valence-electron chi connectivity index (χ2n) is 7.93. The molecule has 2 N–H and O–H groups in total. The molecule has 0 saturated heterocycles. The highest BCUT2D eigenvalue weighted by Crippen LogP contribution is 2.24. The lowest BCUT2D eigenvalue weighted by Crippen LogP contribution is -2.43. The summed E-state index contributed by atoms with van der Waals surface area (Å²) in [5, 5.41) is 8.06. The van der Waals surface area contributed by atoms with Crippen LogP contribution in [0.4, 0.5) is 11.4 Å². The number of anilines is 2. The Bertz CT molecular complexity index is 1060. The van der Waals surface area contributed by atoms with E-state index in [2.05, 4.69) is 22.8 Å². The summed E-state index contributed by atoms with van der Waals surface area (Å²) in [5.74, 6) is -0.290. The Morgan fingerprint density at radius 2 is 1.57 bits per heavy atom. The number of rotatable bonds is 6. The summed E-state index contributed by atoms with van der Waals surface area (Å²) in [6, 6.07) is 17.4. The third kappa shape index (κ3) is 4.86. The minimum absolute atomic E-state index is 0.115. The fourth-order valence-corrected chi connectivity index (χ4v) is 3.69. The molecule has 0 aromatic heterocycles. The molecule has 0 unspecified atom stereocenters. The van der Waals surface area contributed by atoms with E-state index < -0.39 is 6.04 Å². The molecule has 0 spiro atoms. The van der Waals surface area contributed by atoms with Gasteiger partial charge in [0, 0.05) is 16.8 Å². The first kappa shape index (κ1) is 21.5. The molecule has 3 rings (SSSR count). The van der Waals surface area contributed by atoms with Crippen molar-refractivity contribution in [2.24, 2.45) is 0 Å². The molecule has 5 nitrogen and oxygen atoms in total. The van der Waals surface area contributed by atoms with Crippen LogP contribution in [0.2, 0.25) is 0 Å². The molecular weight excluding hydrogens is 374 g/mol. The average molecular weight is 404 g/mol. The largest absolute Gasteiger partial charge is 0.324 e. The summed E-state index contributed by atoms with van der Waals surface area (Å²) < 4.78 is 0. The highest BCUT2D eigenvalue weighted by molar-refractivity contribution is 6.03. The van der Waals surface area contributed by atoms with Gasteiger partial charge in [0.15, 0.2) is 0 Å². The molecule has 30 heavy (non-hydrogen) atoms. The zero-order chi connectivity index (χ0) is 21.8. The van der Waals surface area contributed by atoms with Crippen molar-refractivity contribution in [3.63, 3.8) is 0 Å². The molecule has 0 saturated carbocycles. The maximum Gasteiger partial charge on any atom is 0.241 e. The van der Waals surface area contributed by atoms with Crippen LogP contribution < -0.4 is 10.6 Å². The number of carbonyl (C=O) groups excluding carboxylic acids is 2. The topological polar surface area (TPSA) is 61.4 Å². The molecule has 0 aliphatic carbocycles. The van der Waals surface area contributed by atoms with Crippen LogP contribution in [0.1, 0.15) is 23.6 Å². The number of nitrogens with zero attached hydrogens (tertiary/aromatic N) is 1. The highest BCUT2D eigenvalue weighted by Gasteiger charge is 2.21. The Morgan fingerprint density at radius 3 is 2.27 bits per heavy atom. The molecule has 0 aliphatic heterocycles. The summed E-state index contributed by atoms with van der Waals surface area (Å²) >= 11 is 0. The van der Waals surface area contributed by atoms with Gasteiger partial charge in [-0.25, -0.2) is 0 Å². The first-order chi connectivity index (χ1) is 14.3. The molecule has 3 aromatic carbocycles. The van der Waals surface area contributed by atoms with Gasteiger partial charge in [-0.2, -0.15) is 0 Å². The number of likely N-dealkylation sites (N-methyl/N-ethyl adjacent to an activating group) is 1. The van der Waals surface area contributed by atoms with E-state index in [9.17, 15) is 9.59 Å². The van der Waals surface area contributed by atoms with Crippen LogP contribution in [0, 0.1) is 20.8 Å². The van der Waals surface area contributed by atoms with Crippen LogP contribution in [0.3, 0.4) is 0 Å². The third-order valence-corrected chi connectivity index (χ3v) is 5.42. The zero-order valence-corrected chi connectivity index (χ0v) is 18.2. The Hall–Kier alpha value is -3.18. The van der Waals surface area contributed by atoms with Crippen molar-refractivity contribution < 1.29 is 9.59 Å². The summed E-state index contributed by atoms with van der Waals surface area (Å²) in [6.45, 7) is 7.93. The molecule has 0 radical (unpaired) electrons. The molecule has 0 bridgehead atoms. The molecule has 0 fully saturated rings. The monoisotopic (exact) mass is 403 g/mol. The Balaban J connectivity index is 1.64. The Labute approximate surface area is 178 Å². The minimum atomic E-state index is -0.455. The van der Waals surface area contributed by atoms with Gasteiger partial charge in [-0.05, 0) is 57.3 Å². The normalized spacial score (nSPS) is 12.1. The Kier molecular flexibility index (Phi) is 6.53. The van der Waals surface area contributed by atoms with Gasteiger partial charge in [0.05, 0.1) is 12.6 Å². The van der Waals surface area contributed by atoms with Crippen LogP contribution in [0.15, 0.2) is 54.6 Å². The first-order valence-electron chi connectivity index (χ1n) is 10.1. The fourth-order valence-electron chi connectivity index (χ4n) is 3.69. The minimum Gasteiger partial charge on any atom is -0.324 e. The number of nitrogens with one attached hydrogen (secondary N) is 2. The smallest absolute Gasteiger partial charge is 0.241 e. The molecular formula is C25H29N3O2. The molecule has 5 heteroatoms. The third-order valence-electron chi connectivity index (χ3n) is 5.42. The number of carbonyl (C=O) groups is 2. The molecule has 1 atom stereocenters. The van der Waals surface area contributed by atoms with Crippen molar-refractivity contribution >= 4 is 34.0 Å². The van der Waals surface area contributed by atoms with Crippen LogP contribution in [0.25, 0.3) is 10.8 Å². The van der Waals surface area contributed by atoms with Crippen molar-refractivity contribution in [1.29, 1.82) is 0 Å². The number of aryl methyl sites for hydroxylation is 3. The van der Waals surface area contributed by atoms with Crippen molar-refractivity contribution in [2.45, 2.75) is 33.7 Å². The van der Waals surface area contributed by atoms with Crippen molar-refractivity contribution in [3.8, 4) is 0 Å². The lowest BCUT2D eigenvalue weighted by Gasteiger charge is -2.24. The number of amides is 2. The molecule has 0 heterocycles. The van der Waals surface area contributed by atoms with E-state index in [1.165, 1.54) is 5.56 Å². The summed E-state index contributed by atoms with van der Waals surface area (Å²) in [7, 11) is 1.78. The highest BCUT2D eigenvalue weighted by atomic mass is 16.2. The van der Waals surface area contributed by atoms with E-state index in [1.54, 1.807) is 18.9 Å². The second kappa shape index (κ2) is 9.09. The van der Waals surface area contributed by atoms with Crippen LogP contribution in [-0.2, 0) is 9.59 Å². The van der Waals surface area contributed by atoms with Gasteiger partial charge >= 0.3 is 0 Å². The lowest BCUT2D eigenvalue weighted by molar-refractivity contribution is -0.122. The summed E-state index contributed by atoms with van der Waals surface area (Å²) in [4.78, 5) is 27.1. The van der Waals surface area contributed by atoms with Crippen LogP contribution in [0.5, 0.6) is 0 Å². The Morgan fingerprint density at radius 1 is 0.933 bits per heavy atom. The molecule has 156 valence electrons. The van der Waals surface area contributed by atoms with E-state index in [4.69, 9.17) is 0 Å². The fraction of sp³-hybridized carbons (Fsp3) is 0.280. The summed E-state index contributed by atoms with van der Waals surface area (Å²) in [6.07, 6.45) is 0. The van der Waals surface area contributed by atoms with E-state index >= 15 is 0 Å². The molecule has 3 aromatic rings. The average Bonchev–Trinajstić information content (AvgIpc) is 2.70. The van der Waals surface area contributed by atoms with E-state index in [0.29, 0.717) is 0 Å². The van der Waals surface area contributed by atoms with E-state index in [0.717, 1.165) is 33.3 Å². The van der Waals surface area contributed by atoms with E-state index in [-0.39, 0.29) is 18.4 Å².